The second-order valence-corrected chi connectivity index (χ2v) is 10.1. The SMILES string of the molecule is CCOC(=O)N1CCN(C(=O)C(C)n2cc(NC(=O)c3cccc(COc4cccc(Br)c4)c3)c(C)n2)CC1. The van der Waals surface area contributed by atoms with Crippen LogP contribution in [-0.4, -0.2) is 70.3 Å². The Labute approximate surface area is 236 Å². The molecule has 2 heterocycles. The van der Waals surface area contributed by atoms with Gasteiger partial charge >= 0.3 is 6.09 Å². The predicted molar refractivity (Wildman–Crippen MR) is 150 cm³/mol. The molecule has 39 heavy (non-hydrogen) atoms. The number of hydrogen-bond acceptors (Lipinski definition) is 6. The van der Waals surface area contributed by atoms with E-state index in [0.717, 1.165) is 15.8 Å². The van der Waals surface area contributed by atoms with Crippen molar-refractivity contribution in [1.82, 2.24) is 19.6 Å². The fraction of sp³-hybridized carbons (Fsp3) is 0.357. The third-order valence-corrected chi connectivity index (χ3v) is 6.92. The Morgan fingerprint density at radius 2 is 1.77 bits per heavy atom. The molecule has 4 rings (SSSR count). The van der Waals surface area contributed by atoms with Crippen molar-refractivity contribution in [2.75, 3.05) is 38.1 Å². The zero-order valence-corrected chi connectivity index (χ0v) is 23.8. The standard InChI is InChI=1S/C28H32BrN5O5/c1-4-38-28(37)33-13-11-32(12-14-33)27(36)20(3)34-17-25(19(2)31-34)30-26(35)22-8-5-7-21(15-22)18-39-24-10-6-9-23(29)16-24/h5-10,15-17,20H,4,11-14,18H2,1-3H3,(H,30,35). The van der Waals surface area contributed by atoms with Crippen LogP contribution in [-0.2, 0) is 16.1 Å². The summed E-state index contributed by atoms with van der Waals surface area (Å²) in [6.07, 6.45) is 1.31. The summed E-state index contributed by atoms with van der Waals surface area (Å²) in [4.78, 5) is 41.4. The summed E-state index contributed by atoms with van der Waals surface area (Å²) in [5, 5.41) is 7.38. The molecule has 1 unspecified atom stereocenters. The number of hydrogen-bond donors (Lipinski definition) is 1. The number of rotatable bonds is 8. The van der Waals surface area contributed by atoms with E-state index in [9.17, 15) is 14.4 Å². The van der Waals surface area contributed by atoms with E-state index in [-0.39, 0.29) is 17.9 Å². The van der Waals surface area contributed by atoms with Gasteiger partial charge in [0.05, 0.1) is 18.0 Å². The molecule has 2 aromatic carbocycles. The Hall–Kier alpha value is -3.86. The Morgan fingerprint density at radius 3 is 2.49 bits per heavy atom. The van der Waals surface area contributed by atoms with Gasteiger partial charge in [-0.15, -0.1) is 0 Å². The number of anilines is 1. The fourth-order valence-corrected chi connectivity index (χ4v) is 4.60. The molecule has 0 spiro atoms. The fourth-order valence-electron chi connectivity index (χ4n) is 4.22. The zero-order valence-electron chi connectivity index (χ0n) is 22.2. The van der Waals surface area contributed by atoms with Crippen LogP contribution in [0.1, 0.15) is 41.5 Å². The van der Waals surface area contributed by atoms with Gasteiger partial charge in [0, 0.05) is 42.4 Å². The molecule has 1 aromatic heterocycles. The van der Waals surface area contributed by atoms with Crippen molar-refractivity contribution in [3.05, 3.63) is 76.0 Å². The average molecular weight is 598 g/mol. The largest absolute Gasteiger partial charge is 0.489 e. The summed E-state index contributed by atoms with van der Waals surface area (Å²) in [6, 6.07) is 14.2. The first-order chi connectivity index (χ1) is 18.7. The lowest BCUT2D eigenvalue weighted by Gasteiger charge is -2.35. The lowest BCUT2D eigenvalue weighted by atomic mass is 10.1. The smallest absolute Gasteiger partial charge is 0.409 e. The molecule has 1 fully saturated rings. The second kappa shape index (κ2) is 12.8. The van der Waals surface area contributed by atoms with E-state index in [1.54, 1.807) is 53.6 Å². The first-order valence-electron chi connectivity index (χ1n) is 12.8. The molecule has 0 saturated carbocycles. The van der Waals surface area contributed by atoms with Crippen LogP contribution in [0, 0.1) is 6.92 Å². The van der Waals surface area contributed by atoms with E-state index in [1.165, 1.54) is 0 Å². The summed E-state index contributed by atoms with van der Waals surface area (Å²) < 4.78 is 13.4. The number of amides is 3. The topological polar surface area (TPSA) is 106 Å². The van der Waals surface area contributed by atoms with Crippen LogP contribution in [0.25, 0.3) is 0 Å². The first kappa shape index (κ1) is 28.2. The van der Waals surface area contributed by atoms with Crippen LogP contribution in [0.3, 0.4) is 0 Å². The highest BCUT2D eigenvalue weighted by Gasteiger charge is 2.29. The van der Waals surface area contributed by atoms with E-state index in [2.05, 4.69) is 26.3 Å². The number of halogens is 1. The van der Waals surface area contributed by atoms with Crippen molar-refractivity contribution in [3.63, 3.8) is 0 Å². The van der Waals surface area contributed by atoms with Crippen molar-refractivity contribution in [2.45, 2.75) is 33.4 Å². The molecule has 206 valence electrons. The minimum atomic E-state index is -0.568. The Bertz CT molecular complexity index is 1340. The number of nitrogens with zero attached hydrogens (tertiary/aromatic N) is 4. The molecule has 11 heteroatoms. The van der Waals surface area contributed by atoms with Crippen LogP contribution in [0.4, 0.5) is 10.5 Å². The number of aryl methyl sites for hydroxylation is 1. The van der Waals surface area contributed by atoms with Crippen LogP contribution in [0.15, 0.2) is 59.2 Å². The van der Waals surface area contributed by atoms with Gasteiger partial charge in [-0.1, -0.05) is 34.1 Å². The molecule has 1 atom stereocenters. The van der Waals surface area contributed by atoms with Crippen LogP contribution >= 0.6 is 15.9 Å². The molecule has 10 nitrogen and oxygen atoms in total. The van der Waals surface area contributed by atoms with E-state index in [4.69, 9.17) is 9.47 Å². The van der Waals surface area contributed by atoms with Crippen molar-refractivity contribution in [1.29, 1.82) is 0 Å². The number of carbonyl (C=O) groups is 3. The maximum absolute atomic E-state index is 13.1. The molecule has 1 N–H and O–H groups in total. The van der Waals surface area contributed by atoms with Gasteiger partial charge in [0.2, 0.25) is 5.91 Å². The number of piperazine rings is 1. The predicted octanol–water partition coefficient (Wildman–Crippen LogP) is 4.65. The Kier molecular flexibility index (Phi) is 9.23. The van der Waals surface area contributed by atoms with Crippen LogP contribution in [0.5, 0.6) is 5.75 Å². The maximum atomic E-state index is 13.1. The average Bonchev–Trinajstić information content (AvgIpc) is 3.31. The lowest BCUT2D eigenvalue weighted by molar-refractivity contribution is -0.136. The normalized spacial score (nSPS) is 14.1. The zero-order chi connectivity index (χ0) is 27.9. The van der Waals surface area contributed by atoms with E-state index < -0.39 is 6.04 Å². The van der Waals surface area contributed by atoms with Gasteiger partial charge in [-0.3, -0.25) is 14.3 Å². The van der Waals surface area contributed by atoms with Crippen LogP contribution in [0.2, 0.25) is 0 Å². The quantitative estimate of drug-likeness (QED) is 0.405. The molecular weight excluding hydrogens is 566 g/mol. The molecule has 0 aliphatic carbocycles. The van der Waals surface area contributed by atoms with Crippen molar-refractivity contribution >= 4 is 39.5 Å². The summed E-state index contributed by atoms with van der Waals surface area (Å²) in [5.74, 6) is 0.347. The highest BCUT2D eigenvalue weighted by atomic mass is 79.9. The highest BCUT2D eigenvalue weighted by Crippen LogP contribution is 2.21. The molecule has 0 radical (unpaired) electrons. The summed E-state index contributed by atoms with van der Waals surface area (Å²) in [7, 11) is 0. The van der Waals surface area contributed by atoms with Crippen molar-refractivity contribution in [3.8, 4) is 5.75 Å². The van der Waals surface area contributed by atoms with Crippen molar-refractivity contribution < 1.29 is 23.9 Å². The molecule has 3 aromatic rings. The van der Waals surface area contributed by atoms with Crippen molar-refractivity contribution in [2.24, 2.45) is 0 Å². The number of ether oxygens (including phenoxy) is 2. The molecule has 1 aliphatic rings. The van der Waals surface area contributed by atoms with E-state index in [1.807, 2.05) is 36.4 Å². The highest BCUT2D eigenvalue weighted by molar-refractivity contribution is 9.10. The van der Waals surface area contributed by atoms with Gasteiger partial charge in [0.1, 0.15) is 18.4 Å². The maximum Gasteiger partial charge on any atom is 0.409 e. The number of aromatic nitrogens is 2. The third-order valence-electron chi connectivity index (χ3n) is 6.43. The summed E-state index contributed by atoms with van der Waals surface area (Å²) in [6.45, 7) is 7.65. The summed E-state index contributed by atoms with van der Waals surface area (Å²) in [5.41, 5.74) is 2.48. The van der Waals surface area contributed by atoms with Gasteiger partial charge in [-0.2, -0.15) is 5.10 Å². The molecule has 3 amide bonds. The van der Waals surface area contributed by atoms with Gasteiger partial charge in [-0.05, 0) is 56.7 Å². The number of nitrogens with one attached hydrogen (secondary N) is 1. The lowest BCUT2D eigenvalue weighted by Crippen LogP contribution is -2.52. The first-order valence-corrected chi connectivity index (χ1v) is 13.6. The third kappa shape index (κ3) is 7.17. The minimum absolute atomic E-state index is 0.1000. The minimum Gasteiger partial charge on any atom is -0.489 e. The monoisotopic (exact) mass is 597 g/mol. The van der Waals surface area contributed by atoms with Gasteiger partial charge in [0.25, 0.3) is 5.91 Å². The van der Waals surface area contributed by atoms with Crippen LogP contribution < -0.4 is 10.1 Å². The molecule has 0 bridgehead atoms. The molecular formula is C28H32BrN5O5. The van der Waals surface area contributed by atoms with E-state index in [0.29, 0.717) is 56.3 Å². The summed E-state index contributed by atoms with van der Waals surface area (Å²) >= 11 is 3.43. The molecule has 1 saturated heterocycles. The van der Waals surface area contributed by atoms with Gasteiger partial charge in [-0.25, -0.2) is 4.79 Å². The Balaban J connectivity index is 1.35. The molecule has 1 aliphatic heterocycles. The van der Waals surface area contributed by atoms with Gasteiger partial charge in [0.15, 0.2) is 0 Å². The Morgan fingerprint density at radius 1 is 1.05 bits per heavy atom. The second-order valence-electron chi connectivity index (χ2n) is 9.20. The van der Waals surface area contributed by atoms with Gasteiger partial charge < -0.3 is 24.6 Å². The number of carbonyl (C=O) groups excluding carboxylic acids is 3. The number of benzene rings is 2. The van der Waals surface area contributed by atoms with E-state index >= 15 is 0 Å².